The van der Waals surface area contributed by atoms with Crippen molar-refractivity contribution in [2.24, 2.45) is 4.99 Å². The summed E-state index contributed by atoms with van der Waals surface area (Å²) in [5.74, 6) is 0.730. The van der Waals surface area contributed by atoms with Crippen LogP contribution in [0.4, 0.5) is 5.69 Å². The summed E-state index contributed by atoms with van der Waals surface area (Å²) in [6, 6.07) is 26.5. The van der Waals surface area contributed by atoms with Crippen molar-refractivity contribution in [1.29, 1.82) is 0 Å². The Labute approximate surface area is 150 Å². The quantitative estimate of drug-likeness (QED) is 0.335. The van der Waals surface area contributed by atoms with Crippen molar-refractivity contribution in [2.45, 2.75) is 0 Å². The minimum Gasteiger partial charge on any atom is -0.497 e. The first kappa shape index (κ1) is 17.3. The predicted molar refractivity (Wildman–Crippen MR) is 103 cm³/mol. The van der Waals surface area contributed by atoms with Gasteiger partial charge in [-0.25, -0.2) is 0 Å². The molecule has 3 aromatic carbocycles. The average molecular weight is 600 g/mol. The Morgan fingerprint density at radius 3 is 2.44 bits per heavy atom. The van der Waals surface area contributed by atoms with Crippen LogP contribution in [0.2, 0.25) is 0 Å². The fourth-order valence-corrected chi connectivity index (χ4v) is 3.02. The van der Waals surface area contributed by atoms with Crippen LogP contribution in [0.25, 0.3) is 16.6 Å². The molecule has 0 radical (unpaired) electrons. The van der Waals surface area contributed by atoms with Gasteiger partial charge in [-0.1, -0.05) is 47.8 Å². The van der Waals surface area contributed by atoms with E-state index < -0.39 is 0 Å². The Kier molecular flexibility index (Phi) is 4.58. The SMILES string of the molecule is COc1cccc(N=c2[cH-]c(=O)n(-c3ccccc3)c3ccccc23)c1.[No]. The largest absolute Gasteiger partial charge is 0.497 e. The van der Waals surface area contributed by atoms with E-state index in [1.54, 1.807) is 17.7 Å². The van der Waals surface area contributed by atoms with E-state index in [9.17, 15) is 4.79 Å². The molecule has 142 valence electrons. The first-order valence-corrected chi connectivity index (χ1v) is 8.32. The van der Waals surface area contributed by atoms with Crippen molar-refractivity contribution in [3.8, 4) is 11.4 Å². The van der Waals surface area contributed by atoms with Crippen LogP contribution >= 0.6 is 0 Å². The standard InChI is InChI=1S/C22H17N2O2.No/c1-26-18-11-7-8-16(14-18)23-20-15-22(25)24(17-9-3-2-4-10-17)21-13-6-5-12-19(20)21;/h2-15H,1H3;/q-1;. The van der Waals surface area contributed by atoms with Gasteiger partial charge in [-0.15, -0.1) is 17.5 Å². The van der Waals surface area contributed by atoms with Gasteiger partial charge in [-0.3, -0.25) is 9.79 Å². The summed E-state index contributed by atoms with van der Waals surface area (Å²) in [5, 5.41) is 1.56. The third kappa shape index (κ3) is 3.20. The van der Waals surface area contributed by atoms with Gasteiger partial charge in [0.15, 0.2) is 5.56 Å². The van der Waals surface area contributed by atoms with Gasteiger partial charge in [0.05, 0.1) is 12.8 Å². The molecule has 0 saturated heterocycles. The van der Waals surface area contributed by atoms with Crippen molar-refractivity contribution in [1.82, 2.24) is 4.57 Å². The van der Waals surface area contributed by atoms with E-state index in [4.69, 9.17) is 4.74 Å². The zero-order valence-corrected chi connectivity index (χ0v) is 16.8. The number of rotatable bonds is 3. The molecule has 4 aromatic rings. The third-order valence-corrected chi connectivity index (χ3v) is 4.22. The molecule has 4 rings (SSSR count). The molecule has 0 aliphatic heterocycles. The molecule has 0 saturated carbocycles. The van der Waals surface area contributed by atoms with Gasteiger partial charge in [-0.2, -0.15) is 0 Å². The van der Waals surface area contributed by atoms with Crippen LogP contribution in [0.1, 0.15) is 0 Å². The van der Waals surface area contributed by atoms with Gasteiger partial charge in [0.25, 0.3) is 0 Å². The van der Waals surface area contributed by atoms with E-state index in [1.807, 2.05) is 78.9 Å². The summed E-state index contributed by atoms with van der Waals surface area (Å²) in [4.78, 5) is 17.5. The van der Waals surface area contributed by atoms with Crippen LogP contribution in [-0.2, 0) is 0 Å². The molecule has 0 amide bonds. The van der Waals surface area contributed by atoms with Crippen LogP contribution < -0.4 is 15.7 Å². The van der Waals surface area contributed by atoms with Crippen molar-refractivity contribution < 1.29 is 4.74 Å². The first-order valence-electron chi connectivity index (χ1n) is 8.32. The zero-order chi connectivity index (χ0) is 17.9. The maximum Gasteiger partial charge on any atom is 0.174 e. The fourth-order valence-electron chi connectivity index (χ4n) is 3.02. The number of hydrogen-bond acceptors (Lipinski definition) is 3. The number of hydrogen-bond donors (Lipinski definition) is 0. The second kappa shape index (κ2) is 7.15. The minimum absolute atomic E-state index is 0. The molecule has 1 aromatic heterocycles. The smallest absolute Gasteiger partial charge is 0.174 e. The number of benzene rings is 3. The van der Waals surface area contributed by atoms with Crippen molar-refractivity contribution >= 4 is 16.6 Å². The van der Waals surface area contributed by atoms with Crippen LogP contribution in [0, 0.1) is 0 Å². The van der Waals surface area contributed by atoms with Crippen LogP contribution in [-0.4, -0.2) is 11.7 Å². The molecular formula is C22H17N2NoO2-. The topological polar surface area (TPSA) is 43.6 Å². The number of nitrogens with zero attached hydrogens (tertiary/aromatic N) is 2. The Hall–Kier alpha value is -4.53. The molecule has 0 bridgehead atoms. The van der Waals surface area contributed by atoms with E-state index in [-0.39, 0.29) is 5.56 Å². The van der Waals surface area contributed by atoms with Crippen molar-refractivity contribution in [3.63, 3.8) is 0 Å². The zero-order valence-electron chi connectivity index (χ0n) is 14.6. The Morgan fingerprint density at radius 1 is 0.926 bits per heavy atom. The van der Waals surface area contributed by atoms with E-state index in [2.05, 4.69) is 4.99 Å². The predicted octanol–water partition coefficient (Wildman–Crippen LogP) is 3.95. The Morgan fingerprint density at radius 2 is 1.67 bits per heavy atom. The molecule has 0 aliphatic rings. The van der Waals surface area contributed by atoms with Gasteiger partial charge in [-0.05, 0) is 29.8 Å². The number of aromatic nitrogens is 1. The molecule has 5 heteroatoms. The van der Waals surface area contributed by atoms with Gasteiger partial charge < -0.3 is 9.30 Å². The number of para-hydroxylation sites is 2. The van der Waals surface area contributed by atoms with Gasteiger partial charge in [0.1, 0.15) is 5.75 Å². The summed E-state index contributed by atoms with van der Waals surface area (Å²) in [7, 11) is 1.62. The summed E-state index contributed by atoms with van der Waals surface area (Å²) >= 11 is 0. The van der Waals surface area contributed by atoms with Crippen molar-refractivity contribution in [2.75, 3.05) is 7.11 Å². The molecule has 0 aliphatic carbocycles. The number of pyridine rings is 1. The van der Waals surface area contributed by atoms with Gasteiger partial charge in [0.2, 0.25) is 0 Å². The third-order valence-electron chi connectivity index (χ3n) is 4.22. The van der Waals surface area contributed by atoms with E-state index in [1.165, 1.54) is 0 Å². The second-order valence-electron chi connectivity index (χ2n) is 5.87. The van der Waals surface area contributed by atoms with E-state index >= 15 is 0 Å². The maximum absolute atomic E-state index is 12.8. The summed E-state index contributed by atoms with van der Waals surface area (Å²) in [6.45, 7) is 0. The van der Waals surface area contributed by atoms with Gasteiger partial charge >= 0.3 is 0 Å². The van der Waals surface area contributed by atoms with E-state index in [0.29, 0.717) is 5.36 Å². The molecule has 0 N–H and O–H groups in total. The molecule has 1 heterocycles. The van der Waals surface area contributed by atoms with Crippen LogP contribution in [0.5, 0.6) is 5.75 Å². The van der Waals surface area contributed by atoms with Crippen molar-refractivity contribution in [3.05, 3.63) is 101 Å². The molecule has 0 atom stereocenters. The molecule has 0 unspecified atom stereocenters. The fraction of sp³-hybridized carbons (Fsp3) is 0.0455. The molecular weight excluding hydrogens is 583 g/mol. The Bertz CT molecular complexity index is 1190. The van der Waals surface area contributed by atoms with E-state index in [0.717, 1.165) is 28.0 Å². The molecule has 0 spiro atoms. The second-order valence-corrected chi connectivity index (χ2v) is 5.87. The number of methoxy groups -OCH3 is 1. The monoisotopic (exact) mass is 600 g/mol. The normalized spacial score (nSPS) is 11.2. The molecule has 27 heavy (non-hydrogen) atoms. The minimum atomic E-state index is -0.114. The Balaban J connectivity index is 0.00000210. The summed E-state index contributed by atoms with van der Waals surface area (Å²) in [5.41, 5.74) is 2.29. The van der Waals surface area contributed by atoms with Crippen LogP contribution in [0.15, 0.2) is 94.7 Å². The molecule has 4 nitrogen and oxygen atoms in total. The average Bonchev–Trinajstić information content (AvgIpc) is 2.69. The number of fused-ring (bicyclic) bond motifs is 1. The van der Waals surface area contributed by atoms with Gasteiger partial charge in [0, 0.05) is 11.8 Å². The summed E-state index contributed by atoms with van der Waals surface area (Å²) < 4.78 is 6.96. The molecule has 0 fully saturated rings. The summed E-state index contributed by atoms with van der Waals surface area (Å²) in [6.07, 6.45) is 0. The number of ether oxygens (including phenoxy) is 1. The maximum atomic E-state index is 12.8. The first-order chi connectivity index (χ1) is 12.8. The van der Waals surface area contributed by atoms with Crippen LogP contribution in [0.3, 0.4) is 0 Å².